The summed E-state index contributed by atoms with van der Waals surface area (Å²) in [6.07, 6.45) is 2.74. The molecule has 2 aromatic rings. The van der Waals surface area contributed by atoms with Crippen molar-refractivity contribution in [1.29, 1.82) is 0 Å². The van der Waals surface area contributed by atoms with Crippen LogP contribution >= 0.6 is 23.2 Å². The number of nitrogens with zero attached hydrogens (tertiary/aromatic N) is 1. The Morgan fingerprint density at radius 1 is 1.15 bits per heavy atom. The minimum absolute atomic E-state index is 0.115. The van der Waals surface area contributed by atoms with E-state index in [0.29, 0.717) is 30.8 Å². The Morgan fingerprint density at radius 2 is 1.87 bits per heavy atom. The first-order valence-corrected chi connectivity index (χ1v) is 14.2. The molecule has 6 nitrogen and oxygen atoms in total. The molecule has 5 rings (SSSR count). The molecule has 3 heterocycles. The van der Waals surface area contributed by atoms with E-state index in [0.717, 1.165) is 25.9 Å². The van der Waals surface area contributed by atoms with Crippen molar-refractivity contribution in [1.82, 2.24) is 15.5 Å². The predicted molar refractivity (Wildman–Crippen MR) is 149 cm³/mol. The average molecular weight is 580 g/mol. The SMILES string of the molecule is CC(C)(C)CC1NC(C(=O)NCCN2CCCC2)C(c2cccc(Cl)c2F)C12C(=O)Nc1cc(Cl)c(F)cc12. The quantitative estimate of drug-likeness (QED) is 0.438. The molecule has 210 valence electrons. The third-order valence-corrected chi connectivity index (χ3v) is 8.81. The van der Waals surface area contributed by atoms with Crippen molar-refractivity contribution in [3.05, 3.63) is 63.1 Å². The molecule has 4 unspecified atom stereocenters. The predicted octanol–water partition coefficient (Wildman–Crippen LogP) is 5.23. The number of carbonyl (C=O) groups excluding carboxylic acids is 2. The number of fused-ring (bicyclic) bond motifs is 2. The van der Waals surface area contributed by atoms with Crippen LogP contribution in [0.3, 0.4) is 0 Å². The fourth-order valence-corrected chi connectivity index (χ4v) is 6.96. The van der Waals surface area contributed by atoms with Gasteiger partial charge in [0.1, 0.15) is 17.0 Å². The number of likely N-dealkylation sites (tertiary alicyclic amines) is 1. The lowest BCUT2D eigenvalue weighted by molar-refractivity contribution is -0.123. The van der Waals surface area contributed by atoms with Gasteiger partial charge in [0.25, 0.3) is 0 Å². The van der Waals surface area contributed by atoms with E-state index in [4.69, 9.17) is 23.2 Å². The van der Waals surface area contributed by atoms with Gasteiger partial charge in [-0.05, 0) is 67.1 Å². The molecule has 0 bridgehead atoms. The Labute approximate surface area is 237 Å². The first-order chi connectivity index (χ1) is 18.4. The molecule has 2 amide bonds. The van der Waals surface area contributed by atoms with Gasteiger partial charge in [-0.3, -0.25) is 9.59 Å². The van der Waals surface area contributed by atoms with E-state index in [1.54, 1.807) is 12.1 Å². The number of halogens is 4. The van der Waals surface area contributed by atoms with Crippen molar-refractivity contribution in [2.24, 2.45) is 5.41 Å². The van der Waals surface area contributed by atoms with Gasteiger partial charge in [-0.15, -0.1) is 0 Å². The summed E-state index contributed by atoms with van der Waals surface area (Å²) in [5.41, 5.74) is -0.930. The van der Waals surface area contributed by atoms with Crippen LogP contribution in [0.1, 0.15) is 57.1 Å². The van der Waals surface area contributed by atoms with Crippen molar-refractivity contribution >= 4 is 40.7 Å². The summed E-state index contributed by atoms with van der Waals surface area (Å²) >= 11 is 12.3. The van der Waals surface area contributed by atoms with Crippen molar-refractivity contribution < 1.29 is 18.4 Å². The van der Waals surface area contributed by atoms with Gasteiger partial charge < -0.3 is 20.9 Å². The summed E-state index contributed by atoms with van der Waals surface area (Å²) in [4.78, 5) is 30.2. The Hall–Kier alpha value is -2.26. The van der Waals surface area contributed by atoms with E-state index in [1.807, 2.05) is 20.8 Å². The number of rotatable bonds is 6. The normalized spacial score (nSPS) is 26.7. The largest absolute Gasteiger partial charge is 0.353 e. The molecule has 4 atom stereocenters. The van der Waals surface area contributed by atoms with E-state index < -0.39 is 41.0 Å². The Kier molecular flexibility index (Phi) is 7.70. The third-order valence-electron chi connectivity index (χ3n) is 8.23. The fourth-order valence-electron chi connectivity index (χ4n) is 6.62. The second-order valence-corrected chi connectivity index (χ2v) is 12.9. The van der Waals surface area contributed by atoms with Gasteiger partial charge in [0.2, 0.25) is 11.8 Å². The highest BCUT2D eigenvalue weighted by molar-refractivity contribution is 6.31. The molecule has 3 aliphatic heterocycles. The number of benzene rings is 2. The number of carbonyl (C=O) groups is 2. The molecule has 1 spiro atoms. The van der Waals surface area contributed by atoms with Gasteiger partial charge in [-0.2, -0.15) is 0 Å². The van der Waals surface area contributed by atoms with Crippen LogP contribution in [-0.4, -0.2) is 55.0 Å². The van der Waals surface area contributed by atoms with Crippen LogP contribution in [0.15, 0.2) is 30.3 Å². The van der Waals surface area contributed by atoms with Gasteiger partial charge in [0, 0.05) is 30.7 Å². The van der Waals surface area contributed by atoms with Gasteiger partial charge in [-0.25, -0.2) is 8.78 Å². The number of nitrogens with one attached hydrogen (secondary N) is 3. The number of hydrogen-bond acceptors (Lipinski definition) is 4. The van der Waals surface area contributed by atoms with Crippen LogP contribution in [0.2, 0.25) is 10.0 Å². The van der Waals surface area contributed by atoms with Gasteiger partial charge in [0.15, 0.2) is 0 Å². The Morgan fingerprint density at radius 3 is 2.56 bits per heavy atom. The fraction of sp³-hybridized carbons (Fsp3) is 0.517. The number of hydrogen-bond donors (Lipinski definition) is 3. The minimum atomic E-state index is -1.49. The smallest absolute Gasteiger partial charge is 0.237 e. The maximum absolute atomic E-state index is 15.8. The molecule has 2 saturated heterocycles. The van der Waals surface area contributed by atoms with Gasteiger partial charge >= 0.3 is 0 Å². The summed E-state index contributed by atoms with van der Waals surface area (Å²) in [6.45, 7) is 9.19. The minimum Gasteiger partial charge on any atom is -0.353 e. The highest BCUT2D eigenvalue weighted by atomic mass is 35.5. The third kappa shape index (κ3) is 5.05. The Bertz CT molecular complexity index is 1290. The molecule has 3 N–H and O–H groups in total. The molecule has 3 aliphatic rings. The highest BCUT2D eigenvalue weighted by Gasteiger charge is 2.66. The zero-order valence-electron chi connectivity index (χ0n) is 22.3. The van der Waals surface area contributed by atoms with Crippen molar-refractivity contribution in [2.75, 3.05) is 31.5 Å². The van der Waals surface area contributed by atoms with Gasteiger partial charge in [0.05, 0.1) is 16.1 Å². The lowest BCUT2D eigenvalue weighted by Gasteiger charge is -2.37. The molecule has 0 aliphatic carbocycles. The first-order valence-electron chi connectivity index (χ1n) is 13.4. The molecular formula is C29H34Cl2F2N4O2. The molecule has 0 saturated carbocycles. The second kappa shape index (κ2) is 10.6. The standard InChI is InChI=1S/C29H34Cl2F2N4O2/c1-28(2,3)15-22-29(17-13-20(32)19(31)14-21(17)35-27(29)39)23(16-7-6-8-18(30)24(16)33)25(36-22)26(38)34-9-12-37-10-4-5-11-37/h6-8,13-14,22-23,25,36H,4-5,9-12,15H2,1-3H3,(H,34,38)(H,35,39). The van der Waals surface area contributed by atoms with Crippen LogP contribution in [0.5, 0.6) is 0 Å². The van der Waals surface area contributed by atoms with E-state index in [1.165, 1.54) is 18.2 Å². The van der Waals surface area contributed by atoms with Crippen LogP contribution in [0.4, 0.5) is 14.5 Å². The lowest BCUT2D eigenvalue weighted by Crippen LogP contribution is -2.49. The summed E-state index contributed by atoms with van der Waals surface area (Å²) < 4.78 is 30.7. The molecule has 39 heavy (non-hydrogen) atoms. The lowest BCUT2D eigenvalue weighted by atomic mass is 9.62. The number of anilines is 1. The van der Waals surface area contributed by atoms with E-state index in [9.17, 15) is 14.0 Å². The molecular weight excluding hydrogens is 545 g/mol. The molecule has 0 aromatic heterocycles. The summed E-state index contributed by atoms with van der Waals surface area (Å²) in [6, 6.07) is 5.62. The topological polar surface area (TPSA) is 73.5 Å². The van der Waals surface area contributed by atoms with Gasteiger partial charge in [-0.1, -0.05) is 56.1 Å². The summed E-state index contributed by atoms with van der Waals surface area (Å²) in [7, 11) is 0. The highest BCUT2D eigenvalue weighted by Crippen LogP contribution is 2.57. The first kappa shape index (κ1) is 28.3. The number of amides is 2. The van der Waals surface area contributed by atoms with Crippen LogP contribution in [0, 0.1) is 17.0 Å². The van der Waals surface area contributed by atoms with Crippen LogP contribution in [0.25, 0.3) is 0 Å². The summed E-state index contributed by atoms with van der Waals surface area (Å²) in [5, 5.41) is 9.03. The van der Waals surface area contributed by atoms with E-state index in [2.05, 4.69) is 20.9 Å². The monoisotopic (exact) mass is 578 g/mol. The summed E-state index contributed by atoms with van der Waals surface area (Å²) in [5.74, 6) is -3.17. The molecule has 2 aromatic carbocycles. The Balaban J connectivity index is 1.64. The zero-order chi connectivity index (χ0) is 28.1. The average Bonchev–Trinajstić information content (AvgIpc) is 3.55. The zero-order valence-corrected chi connectivity index (χ0v) is 23.9. The van der Waals surface area contributed by atoms with E-state index >= 15 is 4.39 Å². The van der Waals surface area contributed by atoms with Crippen LogP contribution < -0.4 is 16.0 Å². The van der Waals surface area contributed by atoms with Crippen molar-refractivity contribution in [3.8, 4) is 0 Å². The van der Waals surface area contributed by atoms with E-state index in [-0.39, 0.29) is 26.9 Å². The molecule has 10 heteroatoms. The second-order valence-electron chi connectivity index (χ2n) is 12.1. The maximum atomic E-state index is 15.8. The van der Waals surface area contributed by atoms with Crippen molar-refractivity contribution in [3.63, 3.8) is 0 Å². The molecule has 0 radical (unpaired) electrons. The maximum Gasteiger partial charge on any atom is 0.237 e. The van der Waals surface area contributed by atoms with Crippen LogP contribution in [-0.2, 0) is 15.0 Å². The molecule has 2 fully saturated rings. The van der Waals surface area contributed by atoms with Crippen molar-refractivity contribution in [2.45, 2.75) is 63.5 Å².